The van der Waals surface area contributed by atoms with Crippen LogP contribution in [-0.2, 0) is 22.9 Å². The van der Waals surface area contributed by atoms with Crippen molar-refractivity contribution in [2.45, 2.75) is 52.7 Å². The van der Waals surface area contributed by atoms with E-state index < -0.39 is 6.64 Å². The summed E-state index contributed by atoms with van der Waals surface area (Å²) in [4.78, 5) is 0. The predicted octanol–water partition coefficient (Wildman–Crippen LogP) is 4.33. The summed E-state index contributed by atoms with van der Waals surface area (Å²) in [5.41, 5.74) is 2.40. The average Bonchev–Trinajstić information content (AvgIpc) is 2.37. The van der Waals surface area contributed by atoms with E-state index in [2.05, 4.69) is 44.9 Å². The highest BCUT2D eigenvalue weighted by Gasteiger charge is 2.28. The normalized spacial score (nSPS) is 23.8. The first-order valence-corrected chi connectivity index (χ1v) is 9.42. The molecule has 0 saturated heterocycles. The van der Waals surface area contributed by atoms with Crippen LogP contribution in [0, 0.1) is 0 Å². The molecule has 1 heterocycles. The first-order chi connectivity index (χ1) is 8.93. The van der Waals surface area contributed by atoms with E-state index in [1.165, 1.54) is 5.56 Å². The van der Waals surface area contributed by atoms with E-state index in [4.69, 9.17) is 20.9 Å². The summed E-state index contributed by atoms with van der Waals surface area (Å²) in [7, 11) is 0. The second-order valence-corrected chi connectivity index (χ2v) is 8.46. The van der Waals surface area contributed by atoms with Crippen molar-refractivity contribution in [1.82, 2.24) is 5.09 Å². The summed E-state index contributed by atoms with van der Waals surface area (Å²) in [5, 5.41) is 3.30. The maximum Gasteiger partial charge on any atom is 0.313 e. The zero-order valence-electron chi connectivity index (χ0n) is 12.0. The molecule has 1 aliphatic rings. The van der Waals surface area contributed by atoms with Crippen LogP contribution in [0.2, 0.25) is 0 Å². The molecule has 106 valence electrons. The van der Waals surface area contributed by atoms with Crippen molar-refractivity contribution in [3.05, 3.63) is 29.3 Å². The number of rotatable bonds is 4. The van der Waals surface area contributed by atoms with Gasteiger partial charge in [-0.25, -0.2) is 5.09 Å². The van der Waals surface area contributed by atoms with E-state index in [9.17, 15) is 0 Å². The zero-order chi connectivity index (χ0) is 14.0. The van der Waals surface area contributed by atoms with E-state index >= 15 is 0 Å². The Labute approximate surface area is 120 Å². The number of benzene rings is 1. The second-order valence-electron chi connectivity index (χ2n) is 5.32. The summed E-state index contributed by atoms with van der Waals surface area (Å²) < 4.78 is 11.7. The Hall–Kier alpha value is -0.410. The van der Waals surface area contributed by atoms with E-state index in [1.807, 2.05) is 6.07 Å². The lowest BCUT2D eigenvalue weighted by Crippen LogP contribution is -2.27. The van der Waals surface area contributed by atoms with Gasteiger partial charge in [-0.3, -0.25) is 0 Å². The standard InChI is InChI=1S/C14H22NO2PS/c1-5-11(4)15-18(19)16-9-13-8-12(10(2)3)6-7-14(13)17-18/h6-8,10-11H,5,9H2,1-4H3,(H,15,19). The van der Waals surface area contributed by atoms with E-state index in [-0.39, 0.29) is 0 Å². The van der Waals surface area contributed by atoms with Crippen LogP contribution < -0.4 is 9.61 Å². The van der Waals surface area contributed by atoms with Gasteiger partial charge in [0.25, 0.3) is 0 Å². The molecule has 0 radical (unpaired) electrons. The summed E-state index contributed by atoms with van der Waals surface area (Å²) >= 11 is 5.51. The molecule has 1 aromatic carbocycles. The third-order valence-corrected chi connectivity index (χ3v) is 5.87. The lowest BCUT2D eigenvalue weighted by atomic mass is 10.0. The predicted molar refractivity (Wildman–Crippen MR) is 83.1 cm³/mol. The third kappa shape index (κ3) is 3.57. The van der Waals surface area contributed by atoms with Gasteiger partial charge in [-0.2, -0.15) is 0 Å². The molecule has 5 heteroatoms. The third-order valence-electron chi connectivity index (χ3n) is 3.35. The van der Waals surface area contributed by atoms with Crippen molar-refractivity contribution in [1.29, 1.82) is 0 Å². The highest BCUT2D eigenvalue weighted by atomic mass is 32.5. The number of hydrogen-bond acceptors (Lipinski definition) is 3. The monoisotopic (exact) mass is 299 g/mol. The van der Waals surface area contributed by atoms with Gasteiger partial charge in [0.1, 0.15) is 5.75 Å². The van der Waals surface area contributed by atoms with Crippen LogP contribution in [0.1, 0.15) is 51.2 Å². The molecule has 2 unspecified atom stereocenters. The lowest BCUT2D eigenvalue weighted by Gasteiger charge is -2.31. The van der Waals surface area contributed by atoms with Crippen molar-refractivity contribution in [2.24, 2.45) is 0 Å². The molecule has 1 aliphatic heterocycles. The molecule has 3 nitrogen and oxygen atoms in total. The Balaban J connectivity index is 2.18. The van der Waals surface area contributed by atoms with Crippen LogP contribution in [0.4, 0.5) is 0 Å². The maximum absolute atomic E-state index is 5.92. The fourth-order valence-corrected chi connectivity index (χ4v) is 4.48. The molecule has 1 N–H and O–H groups in total. The smallest absolute Gasteiger partial charge is 0.313 e. The molecule has 0 aromatic heterocycles. The molecular formula is C14H22NO2PS. The van der Waals surface area contributed by atoms with E-state index in [0.29, 0.717) is 18.6 Å². The summed E-state index contributed by atoms with van der Waals surface area (Å²) in [6.07, 6.45) is 1.00. The van der Waals surface area contributed by atoms with Gasteiger partial charge in [0, 0.05) is 11.6 Å². The van der Waals surface area contributed by atoms with Gasteiger partial charge in [0.05, 0.1) is 6.61 Å². The molecule has 0 bridgehead atoms. The minimum atomic E-state index is -2.37. The van der Waals surface area contributed by atoms with Crippen LogP contribution in [0.25, 0.3) is 0 Å². The fourth-order valence-electron chi connectivity index (χ4n) is 1.90. The van der Waals surface area contributed by atoms with E-state index in [1.54, 1.807) is 0 Å². The molecule has 0 spiro atoms. The fraction of sp³-hybridized carbons (Fsp3) is 0.571. The van der Waals surface area contributed by atoms with Crippen molar-refractivity contribution >= 4 is 18.4 Å². The largest absolute Gasteiger partial charge is 0.432 e. The van der Waals surface area contributed by atoms with Gasteiger partial charge in [-0.15, -0.1) is 0 Å². The molecule has 0 aliphatic carbocycles. The summed E-state index contributed by atoms with van der Waals surface area (Å²) in [6, 6.07) is 6.59. The Morgan fingerprint density at radius 2 is 2.11 bits per heavy atom. The first-order valence-electron chi connectivity index (χ1n) is 6.78. The highest BCUT2D eigenvalue weighted by molar-refractivity contribution is 8.09. The maximum atomic E-state index is 5.92. The van der Waals surface area contributed by atoms with Crippen molar-refractivity contribution in [2.75, 3.05) is 0 Å². The lowest BCUT2D eigenvalue weighted by molar-refractivity contribution is 0.263. The molecule has 0 amide bonds. The number of nitrogens with one attached hydrogen (secondary N) is 1. The van der Waals surface area contributed by atoms with Crippen LogP contribution in [-0.4, -0.2) is 6.04 Å². The van der Waals surface area contributed by atoms with Gasteiger partial charge < -0.3 is 9.05 Å². The molecule has 2 rings (SSSR count). The summed E-state index contributed by atoms with van der Waals surface area (Å²) in [6.45, 7) is 6.74. The Morgan fingerprint density at radius 3 is 2.74 bits per heavy atom. The first kappa shape index (κ1) is 15.0. The van der Waals surface area contributed by atoms with Crippen molar-refractivity contribution in [3.8, 4) is 5.75 Å². The van der Waals surface area contributed by atoms with Crippen molar-refractivity contribution < 1.29 is 9.05 Å². The van der Waals surface area contributed by atoms with Gasteiger partial charge in [-0.05, 0) is 48.8 Å². The number of fused-ring (bicyclic) bond motifs is 1. The van der Waals surface area contributed by atoms with Gasteiger partial charge in [0.2, 0.25) is 0 Å². The molecular weight excluding hydrogens is 277 g/mol. The van der Waals surface area contributed by atoms with Crippen LogP contribution in [0.5, 0.6) is 5.75 Å². The van der Waals surface area contributed by atoms with Crippen LogP contribution in [0.3, 0.4) is 0 Å². The number of hydrogen-bond donors (Lipinski definition) is 1. The summed E-state index contributed by atoms with van der Waals surface area (Å²) in [5.74, 6) is 1.38. The molecule has 1 aromatic rings. The van der Waals surface area contributed by atoms with Gasteiger partial charge >= 0.3 is 6.64 Å². The molecule has 0 saturated carbocycles. The highest BCUT2D eigenvalue weighted by Crippen LogP contribution is 2.51. The Kier molecular flexibility index (Phi) is 4.67. The van der Waals surface area contributed by atoms with Crippen LogP contribution in [0.15, 0.2) is 18.2 Å². The topological polar surface area (TPSA) is 30.5 Å². The van der Waals surface area contributed by atoms with Crippen molar-refractivity contribution in [3.63, 3.8) is 0 Å². The Morgan fingerprint density at radius 1 is 1.37 bits per heavy atom. The second kappa shape index (κ2) is 5.92. The minimum Gasteiger partial charge on any atom is -0.432 e. The van der Waals surface area contributed by atoms with Gasteiger partial charge in [-0.1, -0.05) is 26.8 Å². The quantitative estimate of drug-likeness (QED) is 0.838. The molecule has 19 heavy (non-hydrogen) atoms. The Bertz CT molecular complexity index is 504. The minimum absolute atomic E-state index is 0.308. The van der Waals surface area contributed by atoms with Gasteiger partial charge in [0.15, 0.2) is 0 Å². The van der Waals surface area contributed by atoms with E-state index in [0.717, 1.165) is 17.7 Å². The zero-order valence-corrected chi connectivity index (χ0v) is 13.7. The van der Waals surface area contributed by atoms with Crippen LogP contribution >= 0.6 is 6.64 Å². The SMILES string of the molecule is CCC(C)NP1(=S)OCc2cc(C(C)C)ccc2O1. The molecule has 0 fully saturated rings. The average molecular weight is 299 g/mol. The molecule has 2 atom stereocenters.